The van der Waals surface area contributed by atoms with Crippen molar-refractivity contribution in [3.8, 4) is 11.5 Å². The minimum Gasteiger partial charge on any atom is -0.493 e. The molecule has 3 aromatic carbocycles. The number of nitro benzene ring substituents is 1. The third-order valence-electron chi connectivity index (χ3n) is 5.57. The predicted octanol–water partition coefficient (Wildman–Crippen LogP) is 7.08. The molecule has 0 unspecified atom stereocenters. The number of fused-ring (bicyclic) bond motifs is 1. The standard InChI is InChI=1S/C26H21Br2ClN4O5/c1-14(2)25-31-20-9-6-17(27)11-19(20)26(34)32(25)30-12-16-10-21(37-3)24(23(29)22(16)28)38-13-15-4-7-18(8-5-15)33(35)36/h4-12,14H,13H2,1-3H3. The molecule has 4 rings (SSSR count). The zero-order valence-electron chi connectivity index (χ0n) is 20.4. The van der Waals surface area contributed by atoms with Crippen molar-refractivity contribution in [1.82, 2.24) is 9.66 Å². The second-order valence-electron chi connectivity index (χ2n) is 8.49. The van der Waals surface area contributed by atoms with E-state index >= 15 is 0 Å². The van der Waals surface area contributed by atoms with Gasteiger partial charge in [0.05, 0.1) is 29.2 Å². The Morgan fingerprint density at radius 1 is 1.18 bits per heavy atom. The molecule has 0 amide bonds. The van der Waals surface area contributed by atoms with Crippen LogP contribution >= 0.6 is 43.5 Å². The van der Waals surface area contributed by atoms with Crippen LogP contribution in [0.3, 0.4) is 0 Å². The van der Waals surface area contributed by atoms with Crippen molar-refractivity contribution in [1.29, 1.82) is 0 Å². The lowest BCUT2D eigenvalue weighted by molar-refractivity contribution is -0.384. The average molecular weight is 665 g/mol. The molecule has 0 atom stereocenters. The van der Waals surface area contributed by atoms with Crippen LogP contribution in [0, 0.1) is 10.1 Å². The van der Waals surface area contributed by atoms with Crippen LogP contribution in [0.5, 0.6) is 11.5 Å². The largest absolute Gasteiger partial charge is 0.493 e. The van der Waals surface area contributed by atoms with Crippen molar-refractivity contribution in [3.05, 3.63) is 99.9 Å². The van der Waals surface area contributed by atoms with Crippen molar-refractivity contribution in [2.75, 3.05) is 7.11 Å². The quantitative estimate of drug-likeness (QED) is 0.113. The fraction of sp³-hybridized carbons (Fsp3) is 0.192. The normalized spacial score (nSPS) is 11.4. The number of hydrogen-bond donors (Lipinski definition) is 0. The van der Waals surface area contributed by atoms with E-state index in [0.29, 0.717) is 38.1 Å². The first-order valence-electron chi connectivity index (χ1n) is 11.3. The van der Waals surface area contributed by atoms with Crippen molar-refractivity contribution in [2.24, 2.45) is 5.10 Å². The molecule has 0 aliphatic heterocycles. The molecule has 0 fully saturated rings. The minimum absolute atomic E-state index is 0.00951. The van der Waals surface area contributed by atoms with Crippen molar-refractivity contribution < 1.29 is 14.4 Å². The fourth-order valence-electron chi connectivity index (χ4n) is 3.63. The molecule has 1 aromatic heterocycles. The highest BCUT2D eigenvalue weighted by molar-refractivity contribution is 9.10. The van der Waals surface area contributed by atoms with E-state index < -0.39 is 4.92 Å². The van der Waals surface area contributed by atoms with Crippen LogP contribution in [0.25, 0.3) is 10.9 Å². The molecule has 0 bridgehead atoms. The Bertz CT molecular complexity index is 1620. The van der Waals surface area contributed by atoms with Gasteiger partial charge in [-0.05, 0) is 57.9 Å². The highest BCUT2D eigenvalue weighted by Gasteiger charge is 2.18. The number of ether oxygens (including phenoxy) is 2. The molecule has 0 radical (unpaired) electrons. The van der Waals surface area contributed by atoms with Crippen LogP contribution in [0.2, 0.25) is 5.02 Å². The number of nitrogens with zero attached hydrogens (tertiary/aromatic N) is 4. The first kappa shape index (κ1) is 27.7. The van der Waals surface area contributed by atoms with Crippen LogP contribution in [-0.2, 0) is 6.61 Å². The van der Waals surface area contributed by atoms with E-state index in [1.54, 1.807) is 30.3 Å². The molecular formula is C26H21Br2ClN4O5. The van der Waals surface area contributed by atoms with Gasteiger partial charge in [0.25, 0.3) is 11.2 Å². The fourth-order valence-corrected chi connectivity index (χ4v) is 4.64. The minimum atomic E-state index is -0.465. The second-order valence-corrected chi connectivity index (χ2v) is 10.6. The van der Waals surface area contributed by atoms with Crippen molar-refractivity contribution in [2.45, 2.75) is 26.4 Å². The molecule has 9 nitrogen and oxygen atoms in total. The van der Waals surface area contributed by atoms with Gasteiger partial charge in [0.2, 0.25) is 0 Å². The van der Waals surface area contributed by atoms with Crippen LogP contribution in [0.15, 0.2) is 67.4 Å². The maximum Gasteiger partial charge on any atom is 0.282 e. The Morgan fingerprint density at radius 3 is 2.53 bits per heavy atom. The van der Waals surface area contributed by atoms with E-state index in [-0.39, 0.29) is 34.5 Å². The number of nitro groups is 1. The molecule has 0 aliphatic rings. The number of hydrogen-bond acceptors (Lipinski definition) is 7. The Labute approximate surface area is 239 Å². The number of halogens is 3. The van der Waals surface area contributed by atoms with Gasteiger partial charge in [-0.1, -0.05) is 41.4 Å². The molecule has 0 aliphatic carbocycles. The Hall–Kier alpha value is -3.28. The molecule has 0 N–H and O–H groups in total. The van der Waals surface area contributed by atoms with Gasteiger partial charge >= 0.3 is 0 Å². The lowest BCUT2D eigenvalue weighted by Crippen LogP contribution is -2.23. The average Bonchev–Trinajstić information content (AvgIpc) is 2.89. The van der Waals surface area contributed by atoms with Gasteiger partial charge in [-0.15, -0.1) is 0 Å². The van der Waals surface area contributed by atoms with Gasteiger partial charge in [-0.3, -0.25) is 14.9 Å². The Kier molecular flexibility index (Phi) is 8.49. The first-order valence-corrected chi connectivity index (χ1v) is 13.3. The third kappa shape index (κ3) is 5.74. The van der Waals surface area contributed by atoms with E-state index in [2.05, 4.69) is 41.9 Å². The zero-order chi connectivity index (χ0) is 27.6. The molecule has 1 heterocycles. The summed E-state index contributed by atoms with van der Waals surface area (Å²) in [7, 11) is 1.48. The van der Waals surface area contributed by atoms with Gasteiger partial charge in [-0.2, -0.15) is 9.78 Å². The van der Waals surface area contributed by atoms with Crippen molar-refractivity contribution in [3.63, 3.8) is 0 Å². The summed E-state index contributed by atoms with van der Waals surface area (Å²) in [5.74, 6) is 1.08. The highest BCUT2D eigenvalue weighted by atomic mass is 79.9. The summed E-state index contributed by atoms with van der Waals surface area (Å²) in [6.45, 7) is 3.98. The Balaban J connectivity index is 1.69. The summed E-state index contributed by atoms with van der Waals surface area (Å²) in [6, 6.07) is 13.0. The van der Waals surface area contributed by atoms with Gasteiger partial charge in [0.1, 0.15) is 17.5 Å². The SMILES string of the molecule is COc1cc(C=Nn2c(C(C)C)nc3ccc(Br)cc3c2=O)c(Br)c(Cl)c1OCc1ccc([N+](=O)[O-])cc1. The second kappa shape index (κ2) is 11.6. The molecule has 38 heavy (non-hydrogen) atoms. The number of aromatic nitrogens is 2. The number of benzene rings is 3. The summed E-state index contributed by atoms with van der Waals surface area (Å²) >= 11 is 13.5. The molecule has 0 spiro atoms. The highest BCUT2D eigenvalue weighted by Crippen LogP contribution is 2.42. The molecule has 196 valence electrons. The smallest absolute Gasteiger partial charge is 0.282 e. The van der Waals surface area contributed by atoms with Gasteiger partial charge < -0.3 is 9.47 Å². The van der Waals surface area contributed by atoms with Crippen LogP contribution in [0.1, 0.15) is 36.7 Å². The van der Waals surface area contributed by atoms with Crippen LogP contribution < -0.4 is 15.0 Å². The number of non-ortho nitro benzene ring substituents is 1. The van der Waals surface area contributed by atoms with Gasteiger partial charge in [-0.25, -0.2) is 4.98 Å². The van der Waals surface area contributed by atoms with E-state index in [1.165, 1.54) is 30.1 Å². The molecule has 12 heteroatoms. The molecule has 0 saturated heterocycles. The van der Waals surface area contributed by atoms with Gasteiger partial charge in [0.15, 0.2) is 11.5 Å². The molecular weight excluding hydrogens is 644 g/mol. The number of rotatable bonds is 8. The zero-order valence-corrected chi connectivity index (χ0v) is 24.4. The van der Waals surface area contributed by atoms with E-state index in [1.807, 2.05) is 19.9 Å². The summed E-state index contributed by atoms with van der Waals surface area (Å²) in [4.78, 5) is 28.4. The molecule has 4 aromatic rings. The summed E-state index contributed by atoms with van der Waals surface area (Å²) < 4.78 is 13.9. The topological polar surface area (TPSA) is 109 Å². The maximum absolute atomic E-state index is 13.3. The van der Waals surface area contributed by atoms with E-state index in [9.17, 15) is 14.9 Å². The van der Waals surface area contributed by atoms with E-state index in [4.69, 9.17) is 21.1 Å². The van der Waals surface area contributed by atoms with Crippen molar-refractivity contribution >= 4 is 66.3 Å². The van der Waals surface area contributed by atoms with Gasteiger partial charge in [0, 0.05) is 32.6 Å². The maximum atomic E-state index is 13.3. The monoisotopic (exact) mass is 662 g/mol. The third-order valence-corrected chi connectivity index (χ3v) is 7.50. The van der Waals surface area contributed by atoms with E-state index in [0.717, 1.165) is 4.47 Å². The first-order chi connectivity index (χ1) is 18.1. The van der Waals surface area contributed by atoms with Crippen LogP contribution in [-0.4, -0.2) is 27.9 Å². The summed E-state index contributed by atoms with van der Waals surface area (Å²) in [6.07, 6.45) is 1.50. The lowest BCUT2D eigenvalue weighted by atomic mass is 10.2. The Morgan fingerprint density at radius 2 is 1.89 bits per heavy atom. The molecule has 0 saturated carbocycles. The predicted molar refractivity (Wildman–Crippen MR) is 154 cm³/mol. The number of methoxy groups -OCH3 is 1. The summed E-state index contributed by atoms with van der Waals surface area (Å²) in [5, 5.41) is 16.0. The lowest BCUT2D eigenvalue weighted by Gasteiger charge is -2.15. The summed E-state index contributed by atoms with van der Waals surface area (Å²) in [5.41, 5.74) is 1.55. The van der Waals surface area contributed by atoms with Crippen LogP contribution in [0.4, 0.5) is 5.69 Å².